The van der Waals surface area contributed by atoms with Crippen molar-refractivity contribution >= 4 is 33.5 Å². The molecule has 2 rings (SSSR count). The summed E-state index contributed by atoms with van der Waals surface area (Å²) < 4.78 is 26.7. The predicted octanol–water partition coefficient (Wildman–Crippen LogP) is 3.12. The molecule has 0 unspecified atom stereocenters. The van der Waals surface area contributed by atoms with Gasteiger partial charge in [-0.05, 0) is 34.7 Å². The number of halogens is 3. The summed E-state index contributed by atoms with van der Waals surface area (Å²) in [6.45, 7) is 0. The van der Waals surface area contributed by atoms with Crippen LogP contribution in [0.4, 0.5) is 8.78 Å². The lowest BCUT2D eigenvalue weighted by Gasteiger charge is -2.00. The number of fused-ring (bicyclic) bond motifs is 1. The Hall–Kier alpha value is -0.780. The number of rotatable bonds is 0. The highest BCUT2D eigenvalue weighted by atomic mass is 127. The van der Waals surface area contributed by atoms with E-state index in [1.54, 1.807) is 6.07 Å². The topological polar surface area (TPSA) is 12.9 Å². The first-order chi connectivity index (χ1) is 6.18. The van der Waals surface area contributed by atoms with E-state index in [-0.39, 0.29) is 5.52 Å². The number of aromatic nitrogens is 1. The van der Waals surface area contributed by atoms with Crippen LogP contribution in [-0.4, -0.2) is 4.98 Å². The summed E-state index contributed by atoms with van der Waals surface area (Å²) in [6, 6.07) is 3.83. The van der Waals surface area contributed by atoms with E-state index in [2.05, 4.69) is 4.98 Å². The minimum absolute atomic E-state index is 0.216. The quantitative estimate of drug-likeness (QED) is 0.680. The van der Waals surface area contributed by atoms with E-state index in [1.807, 2.05) is 22.6 Å². The maximum absolute atomic E-state index is 13.1. The Bertz CT molecular complexity index is 470. The van der Waals surface area contributed by atoms with Crippen molar-refractivity contribution in [3.63, 3.8) is 0 Å². The van der Waals surface area contributed by atoms with E-state index in [1.165, 1.54) is 12.3 Å². The molecular weight excluding hydrogens is 287 g/mol. The fourth-order valence-corrected chi connectivity index (χ4v) is 1.72. The molecule has 1 nitrogen and oxygen atoms in total. The summed E-state index contributed by atoms with van der Waals surface area (Å²) in [4.78, 5) is 3.84. The molecule has 0 bridgehead atoms. The molecule has 0 saturated carbocycles. The van der Waals surface area contributed by atoms with Crippen LogP contribution in [0.15, 0.2) is 24.4 Å². The van der Waals surface area contributed by atoms with Crippen LogP contribution in [0.1, 0.15) is 0 Å². The lowest BCUT2D eigenvalue weighted by molar-refractivity contribution is 0.590. The third-order valence-electron chi connectivity index (χ3n) is 1.71. The SMILES string of the molecule is Fc1cc(F)c2nccc(I)c2c1. The largest absolute Gasteiger partial charge is 0.253 e. The van der Waals surface area contributed by atoms with Crippen LogP contribution in [0.2, 0.25) is 0 Å². The lowest BCUT2D eigenvalue weighted by Crippen LogP contribution is -1.88. The molecular formula is C9H4F2IN. The average Bonchev–Trinajstić information content (AvgIpc) is 2.07. The van der Waals surface area contributed by atoms with Gasteiger partial charge in [-0.2, -0.15) is 0 Å². The summed E-state index contributed by atoms with van der Waals surface area (Å²) in [5.74, 6) is -1.19. The first-order valence-electron chi connectivity index (χ1n) is 3.58. The minimum Gasteiger partial charge on any atom is -0.253 e. The van der Waals surface area contributed by atoms with Crippen molar-refractivity contribution in [2.24, 2.45) is 0 Å². The second-order valence-corrected chi connectivity index (χ2v) is 3.74. The number of nitrogens with zero attached hydrogens (tertiary/aromatic N) is 1. The van der Waals surface area contributed by atoms with Crippen molar-refractivity contribution in [1.82, 2.24) is 4.98 Å². The number of hydrogen-bond donors (Lipinski definition) is 0. The Morgan fingerprint density at radius 2 is 2.00 bits per heavy atom. The molecule has 1 aromatic carbocycles. The molecule has 2 aromatic rings. The average molecular weight is 291 g/mol. The molecule has 0 N–H and O–H groups in total. The van der Waals surface area contributed by atoms with Crippen LogP contribution >= 0.6 is 22.6 Å². The molecule has 0 atom stereocenters. The molecule has 0 aliphatic carbocycles. The molecule has 0 saturated heterocycles. The van der Waals surface area contributed by atoms with Crippen LogP contribution in [0.25, 0.3) is 10.9 Å². The Morgan fingerprint density at radius 3 is 2.77 bits per heavy atom. The molecule has 0 aliphatic rings. The molecule has 0 radical (unpaired) electrons. The normalized spacial score (nSPS) is 10.7. The zero-order valence-electron chi connectivity index (χ0n) is 6.39. The molecule has 66 valence electrons. The summed E-state index contributed by atoms with van der Waals surface area (Å²) in [5.41, 5.74) is 0.216. The van der Waals surface area contributed by atoms with Crippen molar-refractivity contribution in [3.05, 3.63) is 39.6 Å². The van der Waals surface area contributed by atoms with Crippen molar-refractivity contribution in [2.75, 3.05) is 0 Å². The van der Waals surface area contributed by atoms with E-state index in [4.69, 9.17) is 0 Å². The zero-order chi connectivity index (χ0) is 9.42. The predicted molar refractivity (Wildman–Crippen MR) is 54.4 cm³/mol. The van der Waals surface area contributed by atoms with Crippen LogP contribution in [0.3, 0.4) is 0 Å². The third-order valence-corrected chi connectivity index (χ3v) is 2.65. The highest BCUT2D eigenvalue weighted by Gasteiger charge is 2.06. The smallest absolute Gasteiger partial charge is 0.152 e. The van der Waals surface area contributed by atoms with Gasteiger partial charge in [0.2, 0.25) is 0 Å². The first kappa shape index (κ1) is 8.80. The Labute approximate surface area is 86.9 Å². The van der Waals surface area contributed by atoms with Gasteiger partial charge in [-0.1, -0.05) is 0 Å². The van der Waals surface area contributed by atoms with Gasteiger partial charge in [0.25, 0.3) is 0 Å². The van der Waals surface area contributed by atoms with Gasteiger partial charge in [0.05, 0.1) is 0 Å². The van der Waals surface area contributed by atoms with Crippen molar-refractivity contribution in [3.8, 4) is 0 Å². The zero-order valence-corrected chi connectivity index (χ0v) is 8.55. The second-order valence-electron chi connectivity index (χ2n) is 2.58. The van der Waals surface area contributed by atoms with E-state index < -0.39 is 11.6 Å². The summed E-state index contributed by atoms with van der Waals surface area (Å²) >= 11 is 2.02. The minimum atomic E-state index is -0.617. The number of hydrogen-bond acceptors (Lipinski definition) is 1. The van der Waals surface area contributed by atoms with Gasteiger partial charge in [0, 0.05) is 21.2 Å². The summed E-state index contributed by atoms with van der Waals surface area (Å²) in [7, 11) is 0. The molecule has 0 aliphatic heterocycles. The molecule has 1 aromatic heterocycles. The summed E-state index contributed by atoms with van der Waals surface area (Å²) in [5, 5.41) is 0.514. The van der Waals surface area contributed by atoms with Gasteiger partial charge in [0.15, 0.2) is 5.82 Å². The van der Waals surface area contributed by atoms with Gasteiger partial charge < -0.3 is 0 Å². The number of benzene rings is 1. The Kier molecular flexibility index (Phi) is 2.15. The van der Waals surface area contributed by atoms with Gasteiger partial charge in [-0.25, -0.2) is 8.78 Å². The molecule has 13 heavy (non-hydrogen) atoms. The number of pyridine rings is 1. The van der Waals surface area contributed by atoms with Gasteiger partial charge in [-0.15, -0.1) is 0 Å². The van der Waals surface area contributed by atoms with Crippen molar-refractivity contribution in [1.29, 1.82) is 0 Å². The Balaban J connectivity index is 2.94. The molecule has 0 spiro atoms. The van der Waals surface area contributed by atoms with Crippen LogP contribution in [0, 0.1) is 15.2 Å². The maximum Gasteiger partial charge on any atom is 0.152 e. The monoisotopic (exact) mass is 291 g/mol. The van der Waals surface area contributed by atoms with E-state index in [0.29, 0.717) is 5.39 Å². The van der Waals surface area contributed by atoms with E-state index >= 15 is 0 Å². The fourth-order valence-electron chi connectivity index (χ4n) is 1.15. The van der Waals surface area contributed by atoms with Gasteiger partial charge in [0.1, 0.15) is 11.3 Å². The maximum atomic E-state index is 13.1. The Morgan fingerprint density at radius 1 is 1.23 bits per heavy atom. The van der Waals surface area contributed by atoms with Crippen LogP contribution < -0.4 is 0 Å². The van der Waals surface area contributed by atoms with Gasteiger partial charge in [-0.3, -0.25) is 4.98 Å². The molecule has 1 heterocycles. The summed E-state index contributed by atoms with van der Waals surface area (Å²) in [6.07, 6.45) is 1.51. The van der Waals surface area contributed by atoms with Crippen LogP contribution in [-0.2, 0) is 0 Å². The molecule has 4 heteroatoms. The first-order valence-corrected chi connectivity index (χ1v) is 4.65. The van der Waals surface area contributed by atoms with E-state index in [9.17, 15) is 8.78 Å². The highest BCUT2D eigenvalue weighted by molar-refractivity contribution is 14.1. The molecule has 0 fully saturated rings. The molecule has 0 amide bonds. The van der Waals surface area contributed by atoms with Crippen molar-refractivity contribution < 1.29 is 8.78 Å². The fraction of sp³-hybridized carbons (Fsp3) is 0. The van der Waals surface area contributed by atoms with Crippen LogP contribution in [0.5, 0.6) is 0 Å². The lowest BCUT2D eigenvalue weighted by atomic mass is 10.2. The second kappa shape index (κ2) is 3.17. The van der Waals surface area contributed by atoms with Crippen molar-refractivity contribution in [2.45, 2.75) is 0 Å². The highest BCUT2D eigenvalue weighted by Crippen LogP contribution is 2.21. The van der Waals surface area contributed by atoms with E-state index in [0.717, 1.165) is 9.64 Å². The standard InChI is InChI=1S/C9H4F2IN/c10-5-3-6-8(12)1-2-13-9(6)7(11)4-5/h1-4H. The van der Waals surface area contributed by atoms with Gasteiger partial charge >= 0.3 is 0 Å². The third kappa shape index (κ3) is 1.50.